The first kappa shape index (κ1) is 12.3. The molecule has 18 heavy (non-hydrogen) atoms. The van der Waals surface area contributed by atoms with Crippen molar-refractivity contribution in [2.75, 3.05) is 12.5 Å². The minimum atomic E-state index is 0.477. The zero-order valence-electron chi connectivity index (χ0n) is 9.67. The maximum absolute atomic E-state index is 5.86. The molecule has 0 aliphatic rings. The maximum Gasteiger partial charge on any atom is 0.218 e. The number of nitrogens with one attached hydrogen (secondary N) is 1. The number of ether oxygens (including phenoxy) is 1. The molecule has 1 aromatic heterocycles. The third kappa shape index (κ3) is 3.43. The van der Waals surface area contributed by atoms with E-state index in [1.807, 2.05) is 24.3 Å². The van der Waals surface area contributed by atoms with Gasteiger partial charge in [0.05, 0.1) is 13.3 Å². The van der Waals surface area contributed by atoms with E-state index in [1.54, 1.807) is 19.4 Å². The van der Waals surface area contributed by atoms with Crippen molar-refractivity contribution in [1.29, 1.82) is 0 Å². The van der Waals surface area contributed by atoms with E-state index in [9.17, 15) is 0 Å². The van der Waals surface area contributed by atoms with Gasteiger partial charge < -0.3 is 4.74 Å². The van der Waals surface area contributed by atoms with E-state index in [4.69, 9.17) is 16.3 Å². The third-order valence-corrected chi connectivity index (χ3v) is 2.33. The van der Waals surface area contributed by atoms with Gasteiger partial charge in [-0.3, -0.25) is 5.43 Å². The number of rotatable bonds is 4. The second-order valence-corrected chi connectivity index (χ2v) is 3.81. The number of halogens is 1. The van der Waals surface area contributed by atoms with Crippen molar-refractivity contribution >= 4 is 23.6 Å². The zero-order chi connectivity index (χ0) is 12.8. The molecule has 0 saturated carbocycles. The molecule has 1 heterocycles. The molecule has 0 atom stereocenters. The number of methoxy groups -OCH3 is 1. The molecule has 92 valence electrons. The van der Waals surface area contributed by atoms with Gasteiger partial charge in [-0.1, -0.05) is 23.7 Å². The van der Waals surface area contributed by atoms with Crippen molar-refractivity contribution in [1.82, 2.24) is 9.97 Å². The summed E-state index contributed by atoms with van der Waals surface area (Å²) in [5, 5.41) is 4.72. The average Bonchev–Trinajstić information content (AvgIpc) is 2.39. The highest BCUT2D eigenvalue weighted by Gasteiger charge is 1.96. The molecule has 0 radical (unpaired) electrons. The lowest BCUT2D eigenvalue weighted by atomic mass is 10.2. The molecule has 5 nitrogen and oxygen atoms in total. The van der Waals surface area contributed by atoms with Crippen molar-refractivity contribution in [3.8, 4) is 5.88 Å². The van der Waals surface area contributed by atoms with Gasteiger partial charge in [-0.25, -0.2) is 9.97 Å². The van der Waals surface area contributed by atoms with E-state index in [0.717, 1.165) is 5.56 Å². The summed E-state index contributed by atoms with van der Waals surface area (Å²) in [6, 6.07) is 9.03. The monoisotopic (exact) mass is 262 g/mol. The van der Waals surface area contributed by atoms with Crippen LogP contribution in [0.5, 0.6) is 5.88 Å². The normalized spacial score (nSPS) is 10.6. The van der Waals surface area contributed by atoms with Gasteiger partial charge >= 0.3 is 0 Å². The van der Waals surface area contributed by atoms with Gasteiger partial charge in [0.15, 0.2) is 5.82 Å². The van der Waals surface area contributed by atoms with Crippen LogP contribution in [-0.2, 0) is 0 Å². The molecule has 0 bridgehead atoms. The van der Waals surface area contributed by atoms with Crippen LogP contribution >= 0.6 is 11.6 Å². The Kier molecular flexibility index (Phi) is 4.09. The van der Waals surface area contributed by atoms with E-state index in [1.165, 1.54) is 6.33 Å². The highest BCUT2D eigenvalue weighted by molar-refractivity contribution is 6.30. The predicted octanol–water partition coefficient (Wildman–Crippen LogP) is 2.58. The van der Waals surface area contributed by atoms with Crippen molar-refractivity contribution in [3.63, 3.8) is 0 Å². The smallest absolute Gasteiger partial charge is 0.218 e. The number of nitrogens with zero attached hydrogens (tertiary/aromatic N) is 3. The molecular formula is C12H11ClN4O. The fraction of sp³-hybridized carbons (Fsp3) is 0.0833. The zero-order valence-corrected chi connectivity index (χ0v) is 10.4. The predicted molar refractivity (Wildman–Crippen MR) is 71.3 cm³/mol. The Morgan fingerprint density at radius 2 is 2.22 bits per heavy atom. The Balaban J connectivity index is 2.02. The SMILES string of the molecule is COc1cc(N/N=C\c2cccc(Cl)c2)ncn1. The van der Waals surface area contributed by atoms with Crippen molar-refractivity contribution in [2.45, 2.75) is 0 Å². The van der Waals surface area contributed by atoms with Crippen LogP contribution in [0.25, 0.3) is 0 Å². The first-order valence-corrected chi connectivity index (χ1v) is 5.56. The largest absolute Gasteiger partial charge is 0.481 e. The van der Waals surface area contributed by atoms with Crippen LogP contribution in [0.3, 0.4) is 0 Å². The third-order valence-electron chi connectivity index (χ3n) is 2.09. The molecule has 0 unspecified atom stereocenters. The molecule has 2 aromatic rings. The van der Waals surface area contributed by atoms with Crippen LogP contribution in [-0.4, -0.2) is 23.3 Å². The summed E-state index contributed by atoms with van der Waals surface area (Å²) >= 11 is 5.86. The van der Waals surface area contributed by atoms with Crippen LogP contribution < -0.4 is 10.2 Å². The van der Waals surface area contributed by atoms with Gasteiger partial charge in [-0.2, -0.15) is 5.10 Å². The Labute approximate surface area is 109 Å². The van der Waals surface area contributed by atoms with Crippen LogP contribution in [0.15, 0.2) is 41.8 Å². The summed E-state index contributed by atoms with van der Waals surface area (Å²) < 4.78 is 4.97. The van der Waals surface area contributed by atoms with Gasteiger partial charge in [-0.15, -0.1) is 0 Å². The summed E-state index contributed by atoms with van der Waals surface area (Å²) in [6.07, 6.45) is 3.05. The van der Waals surface area contributed by atoms with E-state index < -0.39 is 0 Å². The first-order valence-electron chi connectivity index (χ1n) is 5.18. The molecule has 0 spiro atoms. The fourth-order valence-electron chi connectivity index (χ4n) is 1.27. The van der Waals surface area contributed by atoms with Crippen molar-refractivity contribution in [2.24, 2.45) is 5.10 Å². The maximum atomic E-state index is 5.86. The number of hydrazone groups is 1. The van der Waals surface area contributed by atoms with E-state index in [2.05, 4.69) is 20.5 Å². The Bertz CT molecular complexity index is 559. The quantitative estimate of drug-likeness (QED) is 0.680. The highest BCUT2D eigenvalue weighted by Crippen LogP contribution is 2.11. The van der Waals surface area contributed by atoms with Gasteiger partial charge in [0, 0.05) is 11.1 Å². The molecule has 0 saturated heterocycles. The Hall–Kier alpha value is -2.14. The highest BCUT2D eigenvalue weighted by atomic mass is 35.5. The number of hydrogen-bond donors (Lipinski definition) is 1. The average molecular weight is 263 g/mol. The summed E-state index contributed by atoms with van der Waals surface area (Å²) in [5.74, 6) is 1.03. The molecule has 0 aliphatic heterocycles. The topological polar surface area (TPSA) is 59.4 Å². The van der Waals surface area contributed by atoms with E-state index >= 15 is 0 Å². The lowest BCUT2D eigenvalue weighted by Crippen LogP contribution is -1.96. The van der Waals surface area contributed by atoms with Gasteiger partial charge in [-0.05, 0) is 17.7 Å². The summed E-state index contributed by atoms with van der Waals surface area (Å²) in [6.45, 7) is 0. The molecule has 0 amide bonds. The molecule has 0 fully saturated rings. The van der Waals surface area contributed by atoms with Crippen LogP contribution in [0.1, 0.15) is 5.56 Å². The molecule has 1 N–H and O–H groups in total. The van der Waals surface area contributed by atoms with E-state index in [0.29, 0.717) is 16.7 Å². The number of hydrogen-bond acceptors (Lipinski definition) is 5. The molecule has 0 aliphatic carbocycles. The lowest BCUT2D eigenvalue weighted by Gasteiger charge is -2.01. The Morgan fingerprint density at radius 3 is 3.00 bits per heavy atom. The van der Waals surface area contributed by atoms with Crippen molar-refractivity contribution < 1.29 is 4.74 Å². The van der Waals surface area contributed by atoms with Gasteiger partial charge in [0.1, 0.15) is 6.33 Å². The molecule has 1 aromatic carbocycles. The minimum absolute atomic E-state index is 0.477. The molecular weight excluding hydrogens is 252 g/mol. The molecule has 6 heteroatoms. The number of benzene rings is 1. The second-order valence-electron chi connectivity index (χ2n) is 3.37. The minimum Gasteiger partial charge on any atom is -0.481 e. The second kappa shape index (κ2) is 5.97. The number of anilines is 1. The fourth-order valence-corrected chi connectivity index (χ4v) is 1.47. The van der Waals surface area contributed by atoms with Gasteiger partial charge in [0.2, 0.25) is 5.88 Å². The first-order chi connectivity index (χ1) is 8.78. The van der Waals surface area contributed by atoms with Crippen LogP contribution in [0.2, 0.25) is 5.02 Å². The van der Waals surface area contributed by atoms with Crippen molar-refractivity contribution in [3.05, 3.63) is 47.2 Å². The summed E-state index contributed by atoms with van der Waals surface area (Å²) in [5.41, 5.74) is 3.68. The van der Waals surface area contributed by atoms with Gasteiger partial charge in [0.25, 0.3) is 0 Å². The Morgan fingerprint density at radius 1 is 1.33 bits per heavy atom. The van der Waals surface area contributed by atoms with Crippen LogP contribution in [0.4, 0.5) is 5.82 Å². The van der Waals surface area contributed by atoms with E-state index in [-0.39, 0.29) is 0 Å². The lowest BCUT2D eigenvalue weighted by molar-refractivity contribution is 0.397. The standard InChI is InChI=1S/C12H11ClN4O/c1-18-12-6-11(14-8-15-12)17-16-7-9-3-2-4-10(13)5-9/h2-8H,1H3,(H,14,15,17)/b16-7-. The van der Waals surface area contributed by atoms with Crippen LogP contribution in [0, 0.1) is 0 Å². The number of aromatic nitrogens is 2. The molecule has 2 rings (SSSR count). The summed E-state index contributed by atoms with van der Waals surface area (Å²) in [4.78, 5) is 7.89. The summed E-state index contributed by atoms with van der Waals surface area (Å²) in [7, 11) is 1.54.